The molecule has 0 bridgehead atoms. The molecule has 2 heterocycles. The molecule has 0 atom stereocenters. The van der Waals surface area contributed by atoms with E-state index >= 15 is 0 Å². The first-order valence-electron chi connectivity index (χ1n) is 8.20. The third-order valence-corrected chi connectivity index (χ3v) is 4.75. The highest BCUT2D eigenvalue weighted by molar-refractivity contribution is 7.99. The number of amides is 1. The largest absolute Gasteiger partial charge is 0.467 e. The Labute approximate surface area is 156 Å². The Morgan fingerprint density at radius 1 is 1.27 bits per heavy atom. The first-order valence-corrected chi connectivity index (χ1v) is 9.19. The molecule has 134 valence electrons. The summed E-state index contributed by atoms with van der Waals surface area (Å²) in [7, 11) is 0. The normalized spacial score (nSPS) is 10.7. The minimum atomic E-state index is -0.0246. The summed E-state index contributed by atoms with van der Waals surface area (Å²) in [5, 5.41) is 8.94. The quantitative estimate of drug-likeness (QED) is 0.448. The van der Waals surface area contributed by atoms with Crippen LogP contribution >= 0.6 is 11.8 Å². The van der Waals surface area contributed by atoms with Crippen LogP contribution < -0.4 is 4.90 Å². The van der Waals surface area contributed by atoms with Gasteiger partial charge in [-0.1, -0.05) is 36.0 Å². The van der Waals surface area contributed by atoms with Crippen molar-refractivity contribution in [1.82, 2.24) is 14.8 Å². The number of carbonyl (C=O) groups excluding carboxylic acids is 1. The number of benzene rings is 1. The predicted octanol–water partition coefficient (Wildman–Crippen LogP) is 3.69. The third-order valence-electron chi connectivity index (χ3n) is 3.80. The number of furan rings is 1. The standard InChI is InChI=1S/C19H20N4O2S/c1-3-11-22-15(2)20-21-19(22)26-14-18(24)23(13-17-10-7-12-25-17)16-8-5-4-6-9-16/h3-10,12H,1,11,13-14H2,2H3. The molecule has 2 aromatic heterocycles. The maximum atomic E-state index is 12.9. The molecule has 0 aliphatic rings. The van der Waals surface area contributed by atoms with E-state index in [0.717, 1.165) is 17.3 Å². The fourth-order valence-electron chi connectivity index (χ4n) is 2.50. The van der Waals surface area contributed by atoms with Gasteiger partial charge in [0.05, 0.1) is 18.6 Å². The van der Waals surface area contributed by atoms with Crippen LogP contribution in [0.2, 0.25) is 0 Å². The molecule has 0 unspecified atom stereocenters. The van der Waals surface area contributed by atoms with E-state index in [4.69, 9.17) is 4.42 Å². The third kappa shape index (κ3) is 4.23. The fourth-order valence-corrected chi connectivity index (χ4v) is 3.37. The summed E-state index contributed by atoms with van der Waals surface area (Å²) in [4.78, 5) is 14.6. The molecule has 3 rings (SSSR count). The fraction of sp³-hybridized carbons (Fsp3) is 0.211. The van der Waals surface area contributed by atoms with Crippen molar-refractivity contribution >= 4 is 23.4 Å². The zero-order chi connectivity index (χ0) is 18.4. The molecule has 3 aromatic rings. The number of hydrogen-bond donors (Lipinski definition) is 0. The summed E-state index contributed by atoms with van der Waals surface area (Å²) < 4.78 is 7.35. The van der Waals surface area contributed by atoms with Gasteiger partial charge in [-0.3, -0.25) is 4.79 Å². The van der Waals surface area contributed by atoms with Crippen molar-refractivity contribution < 1.29 is 9.21 Å². The topological polar surface area (TPSA) is 64.2 Å². The van der Waals surface area contributed by atoms with Crippen LogP contribution in [0.5, 0.6) is 0 Å². The molecule has 0 spiro atoms. The molecule has 26 heavy (non-hydrogen) atoms. The van der Waals surface area contributed by atoms with Gasteiger partial charge in [0.25, 0.3) is 0 Å². The maximum Gasteiger partial charge on any atom is 0.237 e. The highest BCUT2D eigenvalue weighted by Crippen LogP contribution is 2.22. The first kappa shape index (κ1) is 18.0. The maximum absolute atomic E-state index is 12.9. The number of carbonyl (C=O) groups is 1. The molecule has 0 saturated heterocycles. The first-order chi connectivity index (χ1) is 12.7. The lowest BCUT2D eigenvalue weighted by atomic mass is 10.2. The minimum absolute atomic E-state index is 0.0246. The molecule has 0 N–H and O–H groups in total. The Hall–Kier alpha value is -2.80. The summed E-state index contributed by atoms with van der Waals surface area (Å²) in [5.74, 6) is 1.77. The van der Waals surface area contributed by atoms with Crippen LogP contribution in [0, 0.1) is 6.92 Å². The van der Waals surface area contributed by atoms with Crippen molar-refractivity contribution in [1.29, 1.82) is 0 Å². The Kier molecular flexibility index (Phi) is 5.91. The van der Waals surface area contributed by atoms with E-state index in [9.17, 15) is 4.79 Å². The van der Waals surface area contributed by atoms with E-state index in [2.05, 4.69) is 16.8 Å². The second kappa shape index (κ2) is 8.53. The SMILES string of the molecule is C=CCn1c(C)nnc1SCC(=O)N(Cc1ccco1)c1ccccc1. The van der Waals surface area contributed by atoms with Crippen molar-refractivity contribution in [2.75, 3.05) is 10.7 Å². The lowest BCUT2D eigenvalue weighted by Crippen LogP contribution is -2.31. The van der Waals surface area contributed by atoms with Gasteiger partial charge >= 0.3 is 0 Å². The lowest BCUT2D eigenvalue weighted by molar-refractivity contribution is -0.116. The zero-order valence-corrected chi connectivity index (χ0v) is 15.4. The van der Waals surface area contributed by atoms with Gasteiger partial charge in [0.1, 0.15) is 11.6 Å². The van der Waals surface area contributed by atoms with E-state index in [1.807, 2.05) is 54.0 Å². The highest BCUT2D eigenvalue weighted by atomic mass is 32.2. The number of para-hydroxylation sites is 1. The molecule has 0 aliphatic heterocycles. The number of anilines is 1. The smallest absolute Gasteiger partial charge is 0.237 e. The Bertz CT molecular complexity index is 859. The van der Waals surface area contributed by atoms with Crippen LogP contribution in [0.15, 0.2) is 71.0 Å². The van der Waals surface area contributed by atoms with Gasteiger partial charge in [0.2, 0.25) is 5.91 Å². The second-order valence-electron chi connectivity index (χ2n) is 5.61. The zero-order valence-electron chi connectivity index (χ0n) is 14.5. The number of rotatable bonds is 8. The molecule has 7 heteroatoms. The second-order valence-corrected chi connectivity index (χ2v) is 6.56. The van der Waals surface area contributed by atoms with Crippen molar-refractivity contribution in [3.63, 3.8) is 0 Å². The van der Waals surface area contributed by atoms with Crippen LogP contribution in [0.25, 0.3) is 0 Å². The summed E-state index contributed by atoms with van der Waals surface area (Å²) >= 11 is 1.37. The van der Waals surface area contributed by atoms with E-state index < -0.39 is 0 Å². The average molecular weight is 368 g/mol. The number of nitrogens with zero attached hydrogens (tertiary/aromatic N) is 4. The Balaban J connectivity index is 1.74. The Morgan fingerprint density at radius 3 is 2.77 bits per heavy atom. The van der Waals surface area contributed by atoms with E-state index in [-0.39, 0.29) is 11.7 Å². The van der Waals surface area contributed by atoms with Crippen LogP contribution in [0.4, 0.5) is 5.69 Å². The van der Waals surface area contributed by atoms with Crippen molar-refractivity contribution in [3.8, 4) is 0 Å². The molecular weight excluding hydrogens is 348 g/mol. The van der Waals surface area contributed by atoms with Crippen LogP contribution in [-0.4, -0.2) is 26.4 Å². The molecule has 1 amide bonds. The van der Waals surface area contributed by atoms with E-state index in [1.165, 1.54) is 11.8 Å². The number of aromatic nitrogens is 3. The van der Waals surface area contributed by atoms with Gasteiger partial charge < -0.3 is 13.9 Å². The van der Waals surface area contributed by atoms with Crippen molar-refractivity contribution in [3.05, 3.63) is 73.0 Å². The summed E-state index contributed by atoms with van der Waals surface area (Å²) in [6, 6.07) is 13.3. The molecule has 0 fully saturated rings. The number of aryl methyl sites for hydroxylation is 1. The monoisotopic (exact) mass is 368 g/mol. The highest BCUT2D eigenvalue weighted by Gasteiger charge is 2.19. The van der Waals surface area contributed by atoms with E-state index in [1.54, 1.807) is 17.2 Å². The van der Waals surface area contributed by atoms with Crippen LogP contribution in [0.1, 0.15) is 11.6 Å². The van der Waals surface area contributed by atoms with Gasteiger partial charge in [-0.2, -0.15) is 0 Å². The van der Waals surface area contributed by atoms with E-state index in [0.29, 0.717) is 18.2 Å². The predicted molar refractivity (Wildman–Crippen MR) is 102 cm³/mol. The van der Waals surface area contributed by atoms with Gasteiger partial charge in [-0.05, 0) is 31.2 Å². The summed E-state index contributed by atoms with van der Waals surface area (Å²) in [6.07, 6.45) is 3.40. The Morgan fingerprint density at radius 2 is 2.08 bits per heavy atom. The lowest BCUT2D eigenvalue weighted by Gasteiger charge is -2.21. The molecule has 0 saturated carbocycles. The number of allylic oxidation sites excluding steroid dienone is 1. The molecule has 0 aliphatic carbocycles. The minimum Gasteiger partial charge on any atom is -0.467 e. The van der Waals surface area contributed by atoms with Crippen LogP contribution in [0.3, 0.4) is 0 Å². The van der Waals surface area contributed by atoms with Gasteiger partial charge in [-0.25, -0.2) is 0 Å². The molecule has 1 aromatic carbocycles. The van der Waals surface area contributed by atoms with Crippen molar-refractivity contribution in [2.45, 2.75) is 25.2 Å². The number of hydrogen-bond acceptors (Lipinski definition) is 5. The van der Waals surface area contributed by atoms with Crippen molar-refractivity contribution in [2.24, 2.45) is 0 Å². The average Bonchev–Trinajstić information content (AvgIpc) is 3.29. The van der Waals surface area contributed by atoms with Gasteiger partial charge in [0.15, 0.2) is 5.16 Å². The summed E-state index contributed by atoms with van der Waals surface area (Å²) in [5.41, 5.74) is 0.832. The number of thioether (sulfide) groups is 1. The van der Waals surface area contributed by atoms with Gasteiger partial charge in [-0.15, -0.1) is 16.8 Å². The molecular formula is C19H20N4O2S. The van der Waals surface area contributed by atoms with Crippen LogP contribution in [-0.2, 0) is 17.9 Å². The summed E-state index contributed by atoms with van der Waals surface area (Å²) in [6.45, 7) is 6.63. The molecule has 0 radical (unpaired) electrons. The van der Waals surface area contributed by atoms with Gasteiger partial charge in [0, 0.05) is 12.2 Å². The molecule has 6 nitrogen and oxygen atoms in total.